The largest absolute Gasteiger partial charge is 0.378 e. The quantitative estimate of drug-likeness (QED) is 0.328. The molecule has 0 bridgehead atoms. The van der Waals surface area contributed by atoms with Crippen LogP contribution in [0.1, 0.15) is 59.3 Å². The molecule has 1 atom stereocenters. The van der Waals surface area contributed by atoms with E-state index in [0.717, 1.165) is 51.0 Å². The summed E-state index contributed by atoms with van der Waals surface area (Å²) in [5.41, 5.74) is 0. The van der Waals surface area contributed by atoms with Gasteiger partial charge in [-0.3, -0.25) is 9.89 Å². The average Bonchev–Trinajstić information content (AvgIpc) is 3.17. The highest BCUT2D eigenvalue weighted by Crippen LogP contribution is 2.22. The molecule has 26 heavy (non-hydrogen) atoms. The highest BCUT2D eigenvalue weighted by molar-refractivity contribution is 14.0. The first-order valence-corrected chi connectivity index (χ1v) is 10.5. The summed E-state index contributed by atoms with van der Waals surface area (Å²) in [6, 6.07) is 0.634. The number of piperidine rings is 1. The van der Waals surface area contributed by atoms with Crippen LogP contribution < -0.4 is 5.32 Å². The SMILES string of the molecule is CCOC1CCN(C(=NC)NCC(C(CC)CC)N2CCCC2)CC1.I. The van der Waals surface area contributed by atoms with E-state index in [4.69, 9.17) is 4.74 Å². The van der Waals surface area contributed by atoms with E-state index in [9.17, 15) is 0 Å². The van der Waals surface area contributed by atoms with Crippen LogP contribution in [-0.2, 0) is 4.74 Å². The van der Waals surface area contributed by atoms with Crippen LogP contribution in [0.4, 0.5) is 0 Å². The van der Waals surface area contributed by atoms with Gasteiger partial charge in [-0.15, -0.1) is 24.0 Å². The molecule has 0 amide bonds. The maximum absolute atomic E-state index is 5.78. The topological polar surface area (TPSA) is 40.1 Å². The van der Waals surface area contributed by atoms with Crippen molar-refractivity contribution in [1.29, 1.82) is 0 Å². The molecule has 6 heteroatoms. The Bertz CT molecular complexity index is 387. The number of hydrogen-bond acceptors (Lipinski definition) is 3. The van der Waals surface area contributed by atoms with Gasteiger partial charge in [-0.25, -0.2) is 0 Å². The number of nitrogens with zero attached hydrogens (tertiary/aromatic N) is 3. The summed E-state index contributed by atoms with van der Waals surface area (Å²) in [7, 11) is 1.92. The molecule has 2 aliphatic rings. The molecule has 5 nitrogen and oxygen atoms in total. The van der Waals surface area contributed by atoms with Crippen molar-refractivity contribution in [3.8, 4) is 0 Å². The molecule has 0 aromatic heterocycles. The molecular weight excluding hydrogens is 439 g/mol. The van der Waals surface area contributed by atoms with E-state index in [0.29, 0.717) is 12.1 Å². The minimum absolute atomic E-state index is 0. The van der Waals surface area contributed by atoms with Crippen LogP contribution in [0.25, 0.3) is 0 Å². The van der Waals surface area contributed by atoms with E-state index in [1.165, 1.54) is 38.8 Å². The molecule has 1 N–H and O–H groups in total. The fraction of sp³-hybridized carbons (Fsp3) is 0.950. The lowest BCUT2D eigenvalue weighted by atomic mass is 9.93. The highest BCUT2D eigenvalue weighted by Gasteiger charge is 2.28. The minimum atomic E-state index is 0. The Morgan fingerprint density at radius 1 is 1.08 bits per heavy atom. The van der Waals surface area contributed by atoms with Crippen molar-refractivity contribution in [1.82, 2.24) is 15.1 Å². The summed E-state index contributed by atoms with van der Waals surface area (Å²) < 4.78 is 5.78. The zero-order valence-electron chi connectivity index (χ0n) is 17.4. The maximum Gasteiger partial charge on any atom is 0.193 e. The first kappa shape index (κ1) is 24.0. The van der Waals surface area contributed by atoms with Crippen molar-refractivity contribution in [2.75, 3.05) is 46.4 Å². The first-order valence-electron chi connectivity index (χ1n) is 10.5. The van der Waals surface area contributed by atoms with Gasteiger partial charge in [0.25, 0.3) is 0 Å². The minimum Gasteiger partial charge on any atom is -0.378 e. The molecule has 0 aliphatic carbocycles. The van der Waals surface area contributed by atoms with E-state index < -0.39 is 0 Å². The predicted octanol–water partition coefficient (Wildman–Crippen LogP) is 3.58. The molecule has 0 aromatic rings. The second-order valence-electron chi connectivity index (χ2n) is 7.46. The lowest BCUT2D eigenvalue weighted by molar-refractivity contribution is 0.0262. The molecule has 0 spiro atoms. The van der Waals surface area contributed by atoms with Crippen LogP contribution in [-0.4, -0.2) is 74.3 Å². The van der Waals surface area contributed by atoms with Crippen molar-refractivity contribution in [3.05, 3.63) is 0 Å². The zero-order valence-corrected chi connectivity index (χ0v) is 19.7. The van der Waals surface area contributed by atoms with E-state index in [1.807, 2.05) is 7.05 Å². The van der Waals surface area contributed by atoms with Gasteiger partial charge < -0.3 is 15.0 Å². The molecule has 2 heterocycles. The average molecular weight is 480 g/mol. The van der Waals surface area contributed by atoms with Crippen molar-refractivity contribution >= 4 is 29.9 Å². The van der Waals surface area contributed by atoms with Gasteiger partial charge >= 0.3 is 0 Å². The Morgan fingerprint density at radius 3 is 2.19 bits per heavy atom. The molecular formula is C20H41IN4O. The van der Waals surface area contributed by atoms with E-state index in [1.54, 1.807) is 0 Å². The lowest BCUT2D eigenvalue weighted by Crippen LogP contribution is -2.52. The molecule has 0 saturated carbocycles. The summed E-state index contributed by atoms with van der Waals surface area (Å²) in [5.74, 6) is 1.84. The Hall–Kier alpha value is -0.0800. The fourth-order valence-corrected chi connectivity index (χ4v) is 4.50. The summed E-state index contributed by atoms with van der Waals surface area (Å²) in [6.45, 7) is 13.2. The van der Waals surface area contributed by atoms with Gasteiger partial charge in [-0.2, -0.15) is 0 Å². The summed E-state index contributed by atoms with van der Waals surface area (Å²) >= 11 is 0. The van der Waals surface area contributed by atoms with Crippen molar-refractivity contribution < 1.29 is 4.74 Å². The summed E-state index contributed by atoms with van der Waals surface area (Å²) in [5, 5.41) is 3.71. The molecule has 2 rings (SSSR count). The van der Waals surface area contributed by atoms with Gasteiger partial charge in [0, 0.05) is 39.3 Å². The second-order valence-corrected chi connectivity index (χ2v) is 7.46. The molecule has 0 radical (unpaired) electrons. The Kier molecular flexibility index (Phi) is 12.1. The third kappa shape index (κ3) is 6.82. The number of halogens is 1. The maximum atomic E-state index is 5.78. The van der Waals surface area contributed by atoms with Crippen LogP contribution in [0.3, 0.4) is 0 Å². The van der Waals surface area contributed by atoms with Gasteiger partial charge in [0.05, 0.1) is 6.10 Å². The van der Waals surface area contributed by atoms with Gasteiger partial charge in [0.1, 0.15) is 0 Å². The molecule has 0 aromatic carbocycles. The van der Waals surface area contributed by atoms with Gasteiger partial charge in [0.2, 0.25) is 0 Å². The first-order chi connectivity index (χ1) is 12.2. The van der Waals surface area contributed by atoms with Crippen molar-refractivity contribution in [2.45, 2.75) is 71.4 Å². The van der Waals surface area contributed by atoms with E-state index >= 15 is 0 Å². The number of hydrogen-bond donors (Lipinski definition) is 1. The summed E-state index contributed by atoms with van der Waals surface area (Å²) in [4.78, 5) is 9.68. The number of rotatable bonds is 8. The van der Waals surface area contributed by atoms with E-state index in [2.05, 4.69) is 40.9 Å². The summed E-state index contributed by atoms with van der Waals surface area (Å²) in [6.07, 6.45) is 7.89. The third-order valence-corrected chi connectivity index (χ3v) is 6.03. The van der Waals surface area contributed by atoms with Crippen LogP contribution in [0.2, 0.25) is 0 Å². The number of nitrogens with one attached hydrogen (secondary N) is 1. The van der Waals surface area contributed by atoms with Crippen LogP contribution >= 0.6 is 24.0 Å². The van der Waals surface area contributed by atoms with Crippen LogP contribution in [0, 0.1) is 5.92 Å². The van der Waals surface area contributed by atoms with Gasteiger partial charge in [-0.1, -0.05) is 26.7 Å². The lowest BCUT2D eigenvalue weighted by Gasteiger charge is -2.37. The molecule has 2 fully saturated rings. The molecule has 2 aliphatic heterocycles. The van der Waals surface area contributed by atoms with Gasteiger partial charge in [0.15, 0.2) is 5.96 Å². The van der Waals surface area contributed by atoms with E-state index in [-0.39, 0.29) is 24.0 Å². The monoisotopic (exact) mass is 480 g/mol. The number of likely N-dealkylation sites (tertiary alicyclic amines) is 2. The highest BCUT2D eigenvalue weighted by atomic mass is 127. The number of aliphatic imine (C=N–C) groups is 1. The zero-order chi connectivity index (χ0) is 18.1. The van der Waals surface area contributed by atoms with Crippen molar-refractivity contribution in [2.24, 2.45) is 10.9 Å². The number of ether oxygens (including phenoxy) is 1. The second kappa shape index (κ2) is 13.2. The smallest absolute Gasteiger partial charge is 0.193 e. The molecule has 1 unspecified atom stereocenters. The Balaban J connectivity index is 0.00000338. The van der Waals surface area contributed by atoms with Crippen LogP contribution in [0.15, 0.2) is 4.99 Å². The van der Waals surface area contributed by atoms with Crippen molar-refractivity contribution in [3.63, 3.8) is 0 Å². The third-order valence-electron chi connectivity index (χ3n) is 6.03. The number of guanidine groups is 1. The molecule has 154 valence electrons. The normalized spacial score (nSPS) is 21.1. The molecule has 2 saturated heterocycles. The van der Waals surface area contributed by atoms with Gasteiger partial charge in [-0.05, 0) is 51.6 Å². The van der Waals surface area contributed by atoms with Crippen LogP contribution in [0.5, 0.6) is 0 Å². The predicted molar refractivity (Wildman–Crippen MR) is 122 cm³/mol. The standard InChI is InChI=1S/C20H40N4O.HI/c1-5-17(6-2)19(23-12-8-9-13-23)16-22-20(21-4)24-14-10-18(11-15-24)25-7-3;/h17-19H,5-16H2,1-4H3,(H,21,22);1H. The fourth-order valence-electron chi connectivity index (χ4n) is 4.50. The Morgan fingerprint density at radius 2 is 1.69 bits per heavy atom. The Labute approximate surface area is 178 Å².